The van der Waals surface area contributed by atoms with E-state index in [2.05, 4.69) is 0 Å². The van der Waals surface area contributed by atoms with Gasteiger partial charge in [0.05, 0.1) is 0 Å². The van der Waals surface area contributed by atoms with E-state index in [-0.39, 0.29) is 5.78 Å². The van der Waals surface area contributed by atoms with Crippen LogP contribution in [0.25, 0.3) is 0 Å². The lowest BCUT2D eigenvalue weighted by molar-refractivity contribution is -0.118. The minimum absolute atomic E-state index is 0.279. The van der Waals surface area contributed by atoms with Crippen LogP contribution in [0.2, 0.25) is 0 Å². The van der Waals surface area contributed by atoms with Crippen molar-refractivity contribution in [1.82, 2.24) is 0 Å². The molecule has 0 bridgehead atoms. The maximum atomic E-state index is 10.8. The van der Waals surface area contributed by atoms with Crippen LogP contribution in [0.3, 0.4) is 0 Å². The lowest BCUT2D eigenvalue weighted by Gasteiger charge is -1.88. The molecule has 0 spiro atoms. The molecule has 1 atom stereocenters. The SMILES string of the molecule is O=C1CCC[S@@](=O)CC1. The van der Waals surface area contributed by atoms with Crippen LogP contribution in [0, 0.1) is 0 Å². The van der Waals surface area contributed by atoms with Crippen LogP contribution >= 0.6 is 0 Å². The second kappa shape index (κ2) is 3.11. The van der Waals surface area contributed by atoms with E-state index in [4.69, 9.17) is 0 Å². The first-order valence-corrected chi connectivity index (χ1v) is 4.64. The van der Waals surface area contributed by atoms with E-state index in [0.717, 1.165) is 12.2 Å². The Morgan fingerprint density at radius 2 is 2.00 bits per heavy atom. The van der Waals surface area contributed by atoms with Crippen molar-refractivity contribution in [2.75, 3.05) is 11.5 Å². The molecule has 0 saturated carbocycles. The first-order chi connectivity index (χ1) is 4.29. The maximum Gasteiger partial charge on any atom is 0.133 e. The van der Waals surface area contributed by atoms with Crippen LogP contribution in [0.1, 0.15) is 19.3 Å². The maximum absolute atomic E-state index is 10.8. The summed E-state index contributed by atoms with van der Waals surface area (Å²) in [6.07, 6.45) is 2.00. The van der Waals surface area contributed by atoms with Crippen molar-refractivity contribution in [2.24, 2.45) is 0 Å². The highest BCUT2D eigenvalue weighted by Crippen LogP contribution is 2.04. The molecule has 9 heavy (non-hydrogen) atoms. The summed E-state index contributed by atoms with van der Waals surface area (Å²) in [7, 11) is -0.699. The molecule has 0 N–H and O–H groups in total. The van der Waals surface area contributed by atoms with Crippen molar-refractivity contribution in [2.45, 2.75) is 19.3 Å². The molecule has 0 amide bonds. The predicted molar refractivity (Wildman–Crippen MR) is 36.7 cm³/mol. The van der Waals surface area contributed by atoms with Gasteiger partial charge in [0.2, 0.25) is 0 Å². The minimum atomic E-state index is -0.699. The van der Waals surface area contributed by atoms with Crippen molar-refractivity contribution in [3.63, 3.8) is 0 Å². The highest BCUT2D eigenvalue weighted by atomic mass is 32.2. The van der Waals surface area contributed by atoms with Gasteiger partial charge in [0, 0.05) is 35.1 Å². The summed E-state index contributed by atoms with van der Waals surface area (Å²) in [6.45, 7) is 0. The summed E-state index contributed by atoms with van der Waals surface area (Å²) < 4.78 is 10.8. The van der Waals surface area contributed by atoms with Gasteiger partial charge in [-0.1, -0.05) is 0 Å². The fraction of sp³-hybridized carbons (Fsp3) is 0.833. The Morgan fingerprint density at radius 1 is 1.22 bits per heavy atom. The number of Topliss-reactive ketones (excluding diaryl/α,β-unsaturated/α-hetero) is 1. The van der Waals surface area contributed by atoms with Crippen molar-refractivity contribution in [3.05, 3.63) is 0 Å². The third kappa shape index (κ3) is 2.26. The molecule has 1 aliphatic rings. The number of ketones is 1. The highest BCUT2D eigenvalue weighted by molar-refractivity contribution is 7.85. The van der Waals surface area contributed by atoms with Crippen molar-refractivity contribution >= 4 is 16.6 Å². The molecule has 0 aromatic carbocycles. The Morgan fingerprint density at radius 3 is 2.78 bits per heavy atom. The fourth-order valence-corrected chi connectivity index (χ4v) is 2.01. The average molecular weight is 146 g/mol. The first kappa shape index (κ1) is 6.93. The Labute approximate surface area is 57.1 Å². The lowest BCUT2D eigenvalue weighted by atomic mass is 10.2. The molecule has 0 unspecified atom stereocenters. The van der Waals surface area contributed by atoms with Gasteiger partial charge < -0.3 is 0 Å². The third-order valence-electron chi connectivity index (χ3n) is 1.44. The molecular weight excluding hydrogens is 136 g/mol. The summed E-state index contributed by atoms with van der Waals surface area (Å²) >= 11 is 0. The Bertz CT molecular complexity index is 126. The molecule has 0 radical (unpaired) electrons. The summed E-state index contributed by atoms with van der Waals surface area (Å²) in [5, 5.41) is 0. The highest BCUT2D eigenvalue weighted by Gasteiger charge is 2.10. The van der Waals surface area contributed by atoms with E-state index in [1.54, 1.807) is 0 Å². The van der Waals surface area contributed by atoms with E-state index in [9.17, 15) is 9.00 Å². The zero-order chi connectivity index (χ0) is 6.69. The molecule has 52 valence electrons. The van der Waals surface area contributed by atoms with Crippen LogP contribution in [-0.2, 0) is 15.6 Å². The summed E-state index contributed by atoms with van der Waals surface area (Å²) in [5.74, 6) is 1.60. The van der Waals surface area contributed by atoms with Gasteiger partial charge in [0.15, 0.2) is 0 Å². The average Bonchev–Trinajstić information content (AvgIpc) is 1.97. The number of carbonyl (C=O) groups is 1. The molecule has 1 saturated heterocycles. The predicted octanol–water partition coefficient (Wildman–Crippen LogP) is 0.488. The van der Waals surface area contributed by atoms with Crippen molar-refractivity contribution in [3.8, 4) is 0 Å². The van der Waals surface area contributed by atoms with Gasteiger partial charge in [-0.15, -0.1) is 0 Å². The number of carbonyl (C=O) groups excluding carboxylic acids is 1. The van der Waals surface area contributed by atoms with Crippen LogP contribution in [0.5, 0.6) is 0 Å². The van der Waals surface area contributed by atoms with Gasteiger partial charge in [0.1, 0.15) is 5.78 Å². The number of hydrogen-bond acceptors (Lipinski definition) is 2. The topological polar surface area (TPSA) is 34.1 Å². The van der Waals surface area contributed by atoms with E-state index in [1.165, 1.54) is 0 Å². The number of rotatable bonds is 0. The molecule has 1 fully saturated rings. The standard InChI is InChI=1S/C6H10O2S/c7-6-2-1-4-9(8)5-3-6/h1-5H2/t9-/m1/s1. The molecule has 1 heterocycles. The largest absolute Gasteiger partial charge is 0.300 e. The smallest absolute Gasteiger partial charge is 0.133 e. The van der Waals surface area contributed by atoms with Gasteiger partial charge >= 0.3 is 0 Å². The second-order valence-corrected chi connectivity index (χ2v) is 3.94. The van der Waals surface area contributed by atoms with Crippen LogP contribution in [0.15, 0.2) is 0 Å². The Hall–Kier alpha value is -0.180. The molecule has 1 aliphatic heterocycles. The third-order valence-corrected chi connectivity index (χ3v) is 2.84. The van der Waals surface area contributed by atoms with Gasteiger partial charge in [-0.2, -0.15) is 0 Å². The lowest BCUT2D eigenvalue weighted by Crippen LogP contribution is -1.99. The molecule has 2 nitrogen and oxygen atoms in total. The Balaban J connectivity index is 2.43. The Kier molecular flexibility index (Phi) is 2.39. The minimum Gasteiger partial charge on any atom is -0.300 e. The molecular formula is C6H10O2S. The van der Waals surface area contributed by atoms with E-state index >= 15 is 0 Å². The fourth-order valence-electron chi connectivity index (χ4n) is 0.885. The summed E-state index contributed by atoms with van der Waals surface area (Å²) in [5.41, 5.74) is 0. The number of hydrogen-bond donors (Lipinski definition) is 0. The van der Waals surface area contributed by atoms with E-state index in [1.807, 2.05) is 0 Å². The molecule has 0 aromatic heterocycles. The zero-order valence-electron chi connectivity index (χ0n) is 5.26. The van der Waals surface area contributed by atoms with Gasteiger partial charge in [0.25, 0.3) is 0 Å². The summed E-state index contributed by atoms with van der Waals surface area (Å²) in [4.78, 5) is 10.7. The van der Waals surface area contributed by atoms with Gasteiger partial charge in [-0.25, -0.2) is 0 Å². The summed E-state index contributed by atoms with van der Waals surface area (Å²) in [6, 6.07) is 0. The van der Waals surface area contributed by atoms with Crippen LogP contribution in [-0.4, -0.2) is 21.5 Å². The second-order valence-electron chi connectivity index (χ2n) is 2.24. The quantitative estimate of drug-likeness (QED) is 0.498. The normalized spacial score (nSPS) is 29.8. The van der Waals surface area contributed by atoms with Gasteiger partial charge in [-0.3, -0.25) is 9.00 Å². The molecule has 3 heteroatoms. The molecule has 0 aromatic rings. The van der Waals surface area contributed by atoms with Gasteiger partial charge in [-0.05, 0) is 6.42 Å². The van der Waals surface area contributed by atoms with E-state index in [0.29, 0.717) is 18.6 Å². The van der Waals surface area contributed by atoms with Crippen molar-refractivity contribution < 1.29 is 9.00 Å². The molecule has 0 aliphatic carbocycles. The van der Waals surface area contributed by atoms with Crippen LogP contribution in [0.4, 0.5) is 0 Å². The van der Waals surface area contributed by atoms with Crippen LogP contribution < -0.4 is 0 Å². The monoisotopic (exact) mass is 146 g/mol. The molecule has 1 rings (SSSR count). The zero-order valence-corrected chi connectivity index (χ0v) is 6.08. The first-order valence-electron chi connectivity index (χ1n) is 3.16. The van der Waals surface area contributed by atoms with Crippen molar-refractivity contribution in [1.29, 1.82) is 0 Å². The van der Waals surface area contributed by atoms with E-state index < -0.39 is 10.8 Å².